The van der Waals surface area contributed by atoms with Crippen molar-refractivity contribution >= 4 is 29.1 Å². The van der Waals surface area contributed by atoms with Crippen LogP contribution in [0.25, 0.3) is 17.0 Å². The highest BCUT2D eigenvalue weighted by Gasteiger charge is 2.06. The number of benzene rings is 2. The second kappa shape index (κ2) is 7.83. The van der Waals surface area contributed by atoms with Crippen molar-refractivity contribution in [1.82, 2.24) is 15.0 Å². The SMILES string of the molecule is O=C(Cn1cnc2ccccc2c1=O)N/N=C\C=C\c1ccccc1. The van der Waals surface area contributed by atoms with Gasteiger partial charge in [-0.3, -0.25) is 14.2 Å². The van der Waals surface area contributed by atoms with Crippen LogP contribution in [0.5, 0.6) is 0 Å². The minimum absolute atomic E-state index is 0.142. The van der Waals surface area contributed by atoms with Gasteiger partial charge >= 0.3 is 0 Å². The summed E-state index contributed by atoms with van der Waals surface area (Å²) >= 11 is 0. The lowest BCUT2D eigenvalue weighted by atomic mass is 10.2. The lowest BCUT2D eigenvalue weighted by molar-refractivity contribution is -0.121. The van der Waals surface area contributed by atoms with Gasteiger partial charge in [-0.2, -0.15) is 5.10 Å². The Labute approximate surface area is 144 Å². The number of rotatable bonds is 5. The minimum atomic E-state index is -0.399. The van der Waals surface area contributed by atoms with Crippen LogP contribution in [-0.2, 0) is 11.3 Å². The summed E-state index contributed by atoms with van der Waals surface area (Å²) in [5.41, 5.74) is 3.77. The first kappa shape index (κ1) is 16.3. The molecule has 6 nitrogen and oxygen atoms in total. The monoisotopic (exact) mass is 332 g/mol. The van der Waals surface area contributed by atoms with Crippen molar-refractivity contribution in [2.45, 2.75) is 6.54 Å². The Bertz CT molecular complexity index is 991. The van der Waals surface area contributed by atoms with E-state index in [-0.39, 0.29) is 12.1 Å². The summed E-state index contributed by atoms with van der Waals surface area (Å²) in [6, 6.07) is 16.8. The minimum Gasteiger partial charge on any atom is -0.289 e. The molecule has 1 N–H and O–H groups in total. The van der Waals surface area contributed by atoms with E-state index >= 15 is 0 Å². The van der Waals surface area contributed by atoms with Crippen LogP contribution in [-0.4, -0.2) is 21.7 Å². The lowest BCUT2D eigenvalue weighted by Gasteiger charge is -2.05. The summed E-state index contributed by atoms with van der Waals surface area (Å²) in [4.78, 5) is 28.4. The van der Waals surface area contributed by atoms with Crippen LogP contribution in [0.2, 0.25) is 0 Å². The van der Waals surface area contributed by atoms with Crippen LogP contribution < -0.4 is 11.0 Å². The van der Waals surface area contributed by atoms with E-state index in [1.807, 2.05) is 42.5 Å². The molecule has 1 aromatic heterocycles. The smallest absolute Gasteiger partial charge is 0.261 e. The molecule has 0 spiro atoms. The van der Waals surface area contributed by atoms with E-state index in [2.05, 4.69) is 15.5 Å². The second-order valence-electron chi connectivity index (χ2n) is 5.28. The third-order valence-corrected chi connectivity index (χ3v) is 3.48. The van der Waals surface area contributed by atoms with Crippen molar-refractivity contribution in [3.63, 3.8) is 0 Å². The molecule has 124 valence electrons. The number of carbonyl (C=O) groups excluding carboxylic acids is 1. The van der Waals surface area contributed by atoms with Gasteiger partial charge in [0.1, 0.15) is 6.54 Å². The van der Waals surface area contributed by atoms with Crippen molar-refractivity contribution < 1.29 is 4.79 Å². The molecule has 0 aliphatic rings. The highest BCUT2D eigenvalue weighted by molar-refractivity contribution is 5.81. The molecule has 0 atom stereocenters. The van der Waals surface area contributed by atoms with Crippen molar-refractivity contribution in [2.75, 3.05) is 0 Å². The number of nitrogens with zero attached hydrogens (tertiary/aromatic N) is 3. The zero-order chi connectivity index (χ0) is 17.5. The average Bonchev–Trinajstić information content (AvgIpc) is 2.65. The zero-order valence-corrected chi connectivity index (χ0v) is 13.4. The van der Waals surface area contributed by atoms with E-state index in [1.165, 1.54) is 17.1 Å². The number of allylic oxidation sites excluding steroid dienone is 1. The Balaban J connectivity index is 1.59. The van der Waals surface area contributed by atoms with Gasteiger partial charge in [0, 0.05) is 6.21 Å². The highest BCUT2D eigenvalue weighted by Crippen LogP contribution is 2.04. The third-order valence-electron chi connectivity index (χ3n) is 3.48. The van der Waals surface area contributed by atoms with Gasteiger partial charge in [-0.15, -0.1) is 0 Å². The molecule has 1 amide bonds. The van der Waals surface area contributed by atoms with E-state index in [9.17, 15) is 9.59 Å². The number of nitrogens with one attached hydrogen (secondary N) is 1. The standard InChI is InChI=1S/C19H16N4O2/c24-18(22-21-12-6-9-15-7-2-1-3-8-15)13-23-14-20-17-11-5-4-10-16(17)19(23)25/h1-12,14H,13H2,(H,22,24)/b9-6+,21-12-. The maximum Gasteiger partial charge on any atom is 0.261 e. The summed E-state index contributed by atoms with van der Waals surface area (Å²) in [6.45, 7) is -0.142. The predicted molar refractivity (Wildman–Crippen MR) is 98.1 cm³/mol. The number of hydrazone groups is 1. The quantitative estimate of drug-likeness (QED) is 0.575. The van der Waals surface area contributed by atoms with Crippen LogP contribution in [0.3, 0.4) is 0 Å². The van der Waals surface area contributed by atoms with Gasteiger partial charge in [0.25, 0.3) is 11.5 Å². The molecule has 6 heteroatoms. The van der Waals surface area contributed by atoms with Crippen LogP contribution in [0.1, 0.15) is 5.56 Å². The zero-order valence-electron chi connectivity index (χ0n) is 13.4. The molecular weight excluding hydrogens is 316 g/mol. The highest BCUT2D eigenvalue weighted by atomic mass is 16.2. The molecule has 0 saturated heterocycles. The number of amides is 1. The van der Waals surface area contributed by atoms with Crippen LogP contribution in [0.15, 0.2) is 76.9 Å². The lowest BCUT2D eigenvalue weighted by Crippen LogP contribution is -2.30. The van der Waals surface area contributed by atoms with Crippen molar-refractivity contribution in [2.24, 2.45) is 5.10 Å². The Morgan fingerprint density at radius 1 is 1.12 bits per heavy atom. The third kappa shape index (κ3) is 4.26. The van der Waals surface area contributed by atoms with Crippen LogP contribution in [0, 0.1) is 0 Å². The fraction of sp³-hybridized carbons (Fsp3) is 0.0526. The Kier molecular flexibility index (Phi) is 5.11. The average molecular weight is 332 g/mol. The van der Waals surface area contributed by atoms with E-state index in [1.54, 1.807) is 24.3 Å². The molecule has 25 heavy (non-hydrogen) atoms. The first-order valence-corrected chi connectivity index (χ1v) is 7.72. The molecular formula is C19H16N4O2. The fourth-order valence-corrected chi connectivity index (χ4v) is 2.28. The summed E-state index contributed by atoms with van der Waals surface area (Å²) in [6.07, 6.45) is 6.43. The van der Waals surface area contributed by atoms with E-state index < -0.39 is 5.91 Å². The van der Waals surface area contributed by atoms with Gasteiger partial charge in [0.05, 0.1) is 17.2 Å². The molecule has 3 aromatic rings. The molecule has 2 aromatic carbocycles. The summed E-state index contributed by atoms with van der Waals surface area (Å²) in [5.74, 6) is -0.399. The van der Waals surface area contributed by atoms with Crippen molar-refractivity contribution in [3.05, 3.63) is 82.9 Å². The summed E-state index contributed by atoms with van der Waals surface area (Å²) in [7, 11) is 0. The van der Waals surface area contributed by atoms with Crippen molar-refractivity contribution in [3.8, 4) is 0 Å². The molecule has 0 fully saturated rings. The number of hydrogen-bond acceptors (Lipinski definition) is 4. The molecule has 1 heterocycles. The number of fused-ring (bicyclic) bond motifs is 1. The largest absolute Gasteiger partial charge is 0.289 e. The maximum atomic E-state index is 12.3. The van der Waals surface area contributed by atoms with Gasteiger partial charge in [0.15, 0.2) is 0 Å². The molecule has 0 saturated carbocycles. The van der Waals surface area contributed by atoms with Gasteiger partial charge in [-0.25, -0.2) is 10.4 Å². The van der Waals surface area contributed by atoms with E-state index in [0.29, 0.717) is 10.9 Å². The van der Waals surface area contributed by atoms with Gasteiger partial charge in [-0.1, -0.05) is 48.5 Å². The maximum absolute atomic E-state index is 12.3. The molecule has 0 aliphatic heterocycles. The number of hydrogen-bond donors (Lipinski definition) is 1. The Hall–Kier alpha value is -3.54. The Morgan fingerprint density at radius 2 is 1.88 bits per heavy atom. The molecule has 0 unspecified atom stereocenters. The molecule has 0 aliphatic carbocycles. The number of carbonyl (C=O) groups is 1. The van der Waals surface area contributed by atoms with E-state index in [4.69, 9.17) is 0 Å². The number of aromatic nitrogens is 2. The Morgan fingerprint density at radius 3 is 2.72 bits per heavy atom. The predicted octanol–water partition coefficient (Wildman–Crippen LogP) is 2.21. The topological polar surface area (TPSA) is 76.3 Å². The van der Waals surface area contributed by atoms with Crippen molar-refractivity contribution in [1.29, 1.82) is 0 Å². The van der Waals surface area contributed by atoms with Crippen LogP contribution in [0.4, 0.5) is 0 Å². The second-order valence-corrected chi connectivity index (χ2v) is 5.28. The van der Waals surface area contributed by atoms with Gasteiger partial charge in [0.2, 0.25) is 0 Å². The number of para-hydroxylation sites is 1. The molecule has 0 bridgehead atoms. The van der Waals surface area contributed by atoms with Gasteiger partial charge < -0.3 is 0 Å². The van der Waals surface area contributed by atoms with Gasteiger partial charge in [-0.05, 0) is 23.8 Å². The first-order valence-electron chi connectivity index (χ1n) is 7.72. The summed E-state index contributed by atoms with van der Waals surface area (Å²) in [5, 5.41) is 4.31. The van der Waals surface area contributed by atoms with E-state index in [0.717, 1.165) is 5.56 Å². The summed E-state index contributed by atoms with van der Waals surface area (Å²) < 4.78 is 1.26. The fourth-order valence-electron chi connectivity index (χ4n) is 2.28. The normalized spacial score (nSPS) is 11.4. The molecule has 3 rings (SSSR count). The molecule has 0 radical (unpaired) electrons. The first-order chi connectivity index (χ1) is 12.2. The van der Waals surface area contributed by atoms with Crippen LogP contribution >= 0.6 is 0 Å².